The van der Waals surface area contributed by atoms with Gasteiger partial charge in [0.1, 0.15) is 0 Å². The van der Waals surface area contributed by atoms with Crippen LogP contribution < -0.4 is 5.32 Å². The van der Waals surface area contributed by atoms with Crippen LogP contribution in [-0.2, 0) is 0 Å². The van der Waals surface area contributed by atoms with Gasteiger partial charge in [0.2, 0.25) is 0 Å². The summed E-state index contributed by atoms with van der Waals surface area (Å²) in [6.45, 7) is 13.0. The highest BCUT2D eigenvalue weighted by Crippen LogP contribution is 2.35. The summed E-state index contributed by atoms with van der Waals surface area (Å²) in [4.78, 5) is 0. The van der Waals surface area contributed by atoms with Crippen LogP contribution in [0.1, 0.15) is 73.1 Å². The van der Waals surface area contributed by atoms with E-state index in [9.17, 15) is 0 Å². The van der Waals surface area contributed by atoms with Gasteiger partial charge in [0.15, 0.2) is 0 Å². The number of nitrogens with one attached hydrogen (secondary N) is 1. The smallest absolute Gasteiger partial charge is 0.00956 e. The van der Waals surface area contributed by atoms with Crippen molar-refractivity contribution in [3.05, 3.63) is 0 Å². The van der Waals surface area contributed by atoms with E-state index in [-0.39, 0.29) is 0 Å². The summed E-state index contributed by atoms with van der Waals surface area (Å²) in [6, 6.07) is 0.777. The molecule has 3 unspecified atom stereocenters. The Kier molecular flexibility index (Phi) is 5.99. The van der Waals surface area contributed by atoms with Crippen LogP contribution in [0.3, 0.4) is 0 Å². The molecule has 1 N–H and O–H groups in total. The van der Waals surface area contributed by atoms with Gasteiger partial charge < -0.3 is 5.32 Å². The molecule has 0 aliphatic heterocycles. The predicted molar refractivity (Wildman–Crippen MR) is 77.3 cm³/mol. The second-order valence-corrected chi connectivity index (χ2v) is 7.34. The van der Waals surface area contributed by atoms with Crippen molar-refractivity contribution in [2.45, 2.75) is 79.2 Å². The highest BCUT2D eigenvalue weighted by atomic mass is 14.9. The SMILES string of the molecule is CCCNC(CCC(C)(C)C)C1CCC(C)C1. The van der Waals surface area contributed by atoms with E-state index in [1.54, 1.807) is 0 Å². The summed E-state index contributed by atoms with van der Waals surface area (Å²) in [5, 5.41) is 3.80. The lowest BCUT2D eigenvalue weighted by Gasteiger charge is -2.28. The van der Waals surface area contributed by atoms with Gasteiger partial charge in [-0.2, -0.15) is 0 Å². The van der Waals surface area contributed by atoms with Gasteiger partial charge in [-0.1, -0.05) is 41.0 Å². The standard InChI is InChI=1S/C16H33N/c1-6-11-17-15(9-10-16(3,4)5)14-8-7-13(2)12-14/h13-15,17H,6-12H2,1-5H3. The van der Waals surface area contributed by atoms with E-state index in [0.29, 0.717) is 5.41 Å². The number of rotatable bonds is 6. The average molecular weight is 239 g/mol. The molecule has 1 nitrogen and oxygen atoms in total. The molecule has 1 aliphatic carbocycles. The first-order chi connectivity index (χ1) is 7.92. The van der Waals surface area contributed by atoms with E-state index in [0.717, 1.165) is 17.9 Å². The molecule has 0 aromatic heterocycles. The third kappa shape index (κ3) is 5.90. The van der Waals surface area contributed by atoms with Crippen LogP contribution in [0.2, 0.25) is 0 Å². The quantitative estimate of drug-likeness (QED) is 0.713. The molecule has 0 saturated heterocycles. The minimum Gasteiger partial charge on any atom is -0.314 e. The molecule has 3 atom stereocenters. The molecule has 1 fully saturated rings. The lowest BCUT2D eigenvalue weighted by molar-refractivity contribution is 0.276. The molecule has 0 heterocycles. The Labute approximate surface area is 109 Å². The summed E-state index contributed by atoms with van der Waals surface area (Å²) in [5.41, 5.74) is 0.483. The van der Waals surface area contributed by atoms with Gasteiger partial charge in [-0.3, -0.25) is 0 Å². The zero-order valence-electron chi connectivity index (χ0n) is 12.7. The molecule has 17 heavy (non-hydrogen) atoms. The summed E-state index contributed by atoms with van der Waals surface area (Å²) < 4.78 is 0. The lowest BCUT2D eigenvalue weighted by atomic mass is 9.84. The lowest BCUT2D eigenvalue weighted by Crippen LogP contribution is -2.36. The van der Waals surface area contributed by atoms with E-state index in [2.05, 4.69) is 39.9 Å². The van der Waals surface area contributed by atoms with Crippen molar-refractivity contribution in [1.29, 1.82) is 0 Å². The molecule has 1 heteroatoms. The second-order valence-electron chi connectivity index (χ2n) is 7.34. The van der Waals surface area contributed by atoms with Crippen molar-refractivity contribution in [3.63, 3.8) is 0 Å². The topological polar surface area (TPSA) is 12.0 Å². The maximum atomic E-state index is 3.80. The van der Waals surface area contributed by atoms with Crippen LogP contribution in [0.25, 0.3) is 0 Å². The van der Waals surface area contributed by atoms with Gasteiger partial charge in [-0.05, 0) is 55.9 Å². The monoisotopic (exact) mass is 239 g/mol. The summed E-state index contributed by atoms with van der Waals surface area (Å²) >= 11 is 0. The van der Waals surface area contributed by atoms with E-state index in [4.69, 9.17) is 0 Å². The van der Waals surface area contributed by atoms with E-state index in [1.165, 1.54) is 45.1 Å². The van der Waals surface area contributed by atoms with E-state index in [1.807, 2.05) is 0 Å². The molecule has 1 rings (SSSR count). The minimum atomic E-state index is 0.483. The molecule has 0 aromatic carbocycles. The minimum absolute atomic E-state index is 0.483. The van der Waals surface area contributed by atoms with Crippen molar-refractivity contribution in [2.75, 3.05) is 6.54 Å². The fourth-order valence-electron chi connectivity index (χ4n) is 3.04. The van der Waals surface area contributed by atoms with Crippen LogP contribution in [0.5, 0.6) is 0 Å². The van der Waals surface area contributed by atoms with E-state index >= 15 is 0 Å². The van der Waals surface area contributed by atoms with Crippen LogP contribution in [0.4, 0.5) is 0 Å². The zero-order chi connectivity index (χ0) is 12.9. The Morgan fingerprint density at radius 3 is 2.41 bits per heavy atom. The summed E-state index contributed by atoms with van der Waals surface area (Å²) in [5.74, 6) is 1.90. The number of hydrogen-bond acceptors (Lipinski definition) is 1. The molecule has 0 amide bonds. The molecule has 0 spiro atoms. The van der Waals surface area contributed by atoms with Crippen molar-refractivity contribution in [2.24, 2.45) is 17.3 Å². The molecular formula is C16H33N. The fourth-order valence-corrected chi connectivity index (χ4v) is 3.04. The highest BCUT2D eigenvalue weighted by molar-refractivity contribution is 4.84. The third-order valence-electron chi connectivity index (χ3n) is 4.17. The Hall–Kier alpha value is -0.0400. The van der Waals surface area contributed by atoms with Gasteiger partial charge in [-0.25, -0.2) is 0 Å². The van der Waals surface area contributed by atoms with Crippen LogP contribution in [0.15, 0.2) is 0 Å². The van der Waals surface area contributed by atoms with Gasteiger partial charge in [0.05, 0.1) is 0 Å². The van der Waals surface area contributed by atoms with Gasteiger partial charge >= 0.3 is 0 Å². The van der Waals surface area contributed by atoms with Crippen molar-refractivity contribution >= 4 is 0 Å². The van der Waals surface area contributed by atoms with Crippen LogP contribution in [0, 0.1) is 17.3 Å². The van der Waals surface area contributed by atoms with Gasteiger partial charge in [-0.15, -0.1) is 0 Å². The number of hydrogen-bond donors (Lipinski definition) is 1. The molecule has 1 aliphatic rings. The summed E-state index contributed by atoms with van der Waals surface area (Å²) in [6.07, 6.45) is 8.32. The first-order valence-electron chi connectivity index (χ1n) is 7.65. The Morgan fingerprint density at radius 1 is 1.24 bits per heavy atom. The summed E-state index contributed by atoms with van der Waals surface area (Å²) in [7, 11) is 0. The molecule has 102 valence electrons. The Balaban J connectivity index is 2.42. The Morgan fingerprint density at radius 2 is 1.94 bits per heavy atom. The molecular weight excluding hydrogens is 206 g/mol. The van der Waals surface area contributed by atoms with E-state index < -0.39 is 0 Å². The average Bonchev–Trinajstić information content (AvgIpc) is 2.63. The first kappa shape index (κ1) is 15.0. The van der Waals surface area contributed by atoms with Crippen molar-refractivity contribution in [3.8, 4) is 0 Å². The Bertz CT molecular complexity index is 204. The molecule has 1 saturated carbocycles. The maximum Gasteiger partial charge on any atom is 0.00956 e. The molecule has 0 aromatic rings. The van der Waals surface area contributed by atoms with Crippen molar-refractivity contribution in [1.82, 2.24) is 5.32 Å². The van der Waals surface area contributed by atoms with Crippen molar-refractivity contribution < 1.29 is 0 Å². The largest absolute Gasteiger partial charge is 0.314 e. The molecule has 0 radical (unpaired) electrons. The zero-order valence-corrected chi connectivity index (χ0v) is 12.7. The predicted octanol–water partition coefficient (Wildman–Crippen LogP) is 4.62. The first-order valence-corrected chi connectivity index (χ1v) is 7.65. The maximum absolute atomic E-state index is 3.80. The third-order valence-corrected chi connectivity index (χ3v) is 4.17. The normalized spacial score (nSPS) is 27.4. The highest BCUT2D eigenvalue weighted by Gasteiger charge is 2.29. The van der Waals surface area contributed by atoms with Crippen LogP contribution in [-0.4, -0.2) is 12.6 Å². The van der Waals surface area contributed by atoms with Gasteiger partial charge in [0, 0.05) is 6.04 Å². The van der Waals surface area contributed by atoms with Crippen LogP contribution >= 0.6 is 0 Å². The second kappa shape index (κ2) is 6.78. The molecule has 0 bridgehead atoms. The van der Waals surface area contributed by atoms with Gasteiger partial charge in [0.25, 0.3) is 0 Å². The fraction of sp³-hybridized carbons (Fsp3) is 1.00.